The normalized spacial score (nSPS) is 11.4. The third-order valence-corrected chi connectivity index (χ3v) is 12.4. The average molecular weight is 814 g/mol. The van der Waals surface area contributed by atoms with Crippen LogP contribution in [0.2, 0.25) is 0 Å². The van der Waals surface area contributed by atoms with Crippen LogP contribution in [-0.4, -0.2) is 15.0 Å². The molecule has 298 valence electrons. The molecular formula is C61H39N3. The number of para-hydroxylation sites is 1. The summed E-state index contributed by atoms with van der Waals surface area (Å²) in [5.41, 5.74) is 14.7. The Hall–Kier alpha value is -8.53. The highest BCUT2D eigenvalue weighted by Gasteiger charge is 2.18. The van der Waals surface area contributed by atoms with Gasteiger partial charge in [0.1, 0.15) is 0 Å². The highest BCUT2D eigenvalue weighted by Crippen LogP contribution is 2.42. The van der Waals surface area contributed by atoms with E-state index >= 15 is 0 Å². The second-order valence-corrected chi connectivity index (χ2v) is 16.4. The Morgan fingerprint density at radius 3 is 1.52 bits per heavy atom. The van der Waals surface area contributed by atoms with Crippen molar-refractivity contribution in [1.29, 1.82) is 0 Å². The second kappa shape index (κ2) is 15.7. The number of pyridine rings is 1. The van der Waals surface area contributed by atoms with Crippen LogP contribution in [0, 0.1) is 0 Å². The van der Waals surface area contributed by atoms with Gasteiger partial charge in [-0.1, -0.05) is 200 Å². The van der Waals surface area contributed by atoms with Gasteiger partial charge in [-0.05, 0) is 91.3 Å². The van der Waals surface area contributed by atoms with E-state index in [-0.39, 0.29) is 0 Å². The molecule has 0 saturated carbocycles. The molecular weight excluding hydrogens is 775 g/mol. The van der Waals surface area contributed by atoms with Gasteiger partial charge in [-0.3, -0.25) is 0 Å². The Balaban J connectivity index is 1.01. The summed E-state index contributed by atoms with van der Waals surface area (Å²) in [6.07, 6.45) is 0. The molecule has 0 saturated heterocycles. The summed E-state index contributed by atoms with van der Waals surface area (Å²) in [6, 6.07) is 84.1. The summed E-state index contributed by atoms with van der Waals surface area (Å²) in [4.78, 5) is 15.9. The summed E-state index contributed by atoms with van der Waals surface area (Å²) < 4.78 is 0. The van der Waals surface area contributed by atoms with Crippen LogP contribution >= 0.6 is 0 Å². The maximum absolute atomic E-state index is 5.37. The number of rotatable bonds is 7. The van der Waals surface area contributed by atoms with E-state index in [1.54, 1.807) is 0 Å². The Morgan fingerprint density at radius 1 is 0.250 bits per heavy atom. The van der Waals surface area contributed by atoms with Crippen LogP contribution in [0.15, 0.2) is 237 Å². The van der Waals surface area contributed by atoms with Gasteiger partial charge in [0, 0.05) is 38.4 Å². The molecule has 0 spiro atoms. The molecule has 0 aliphatic rings. The lowest BCUT2D eigenvalue weighted by atomic mass is 9.89. The minimum Gasteiger partial charge on any atom is -0.247 e. The Morgan fingerprint density at radius 2 is 0.781 bits per heavy atom. The fraction of sp³-hybridized carbons (Fsp3) is 0. The number of hydrogen-bond donors (Lipinski definition) is 0. The van der Waals surface area contributed by atoms with E-state index in [2.05, 4.69) is 231 Å². The van der Waals surface area contributed by atoms with E-state index in [1.165, 1.54) is 32.5 Å². The Bertz CT molecular complexity index is 3610. The van der Waals surface area contributed by atoms with Crippen molar-refractivity contribution < 1.29 is 0 Å². The van der Waals surface area contributed by atoms with Crippen LogP contribution in [0.4, 0.5) is 0 Å². The zero-order valence-corrected chi connectivity index (χ0v) is 34.9. The second-order valence-electron chi connectivity index (χ2n) is 16.4. The van der Waals surface area contributed by atoms with Gasteiger partial charge < -0.3 is 0 Å². The first-order valence-corrected chi connectivity index (χ1v) is 21.8. The third-order valence-electron chi connectivity index (χ3n) is 12.4. The van der Waals surface area contributed by atoms with Crippen LogP contribution in [0.1, 0.15) is 0 Å². The summed E-state index contributed by atoms with van der Waals surface area (Å²) in [5.74, 6) is 0.681. The number of fused-ring (bicyclic) bond motifs is 6. The molecule has 0 fully saturated rings. The maximum atomic E-state index is 5.37. The van der Waals surface area contributed by atoms with E-state index in [1.807, 2.05) is 6.07 Å². The molecule has 0 N–H and O–H groups in total. The molecule has 0 radical (unpaired) electrons. The molecule has 0 aliphatic carbocycles. The van der Waals surface area contributed by atoms with Crippen molar-refractivity contribution in [2.75, 3.05) is 0 Å². The third kappa shape index (κ3) is 6.77. The van der Waals surface area contributed by atoms with E-state index in [0.717, 1.165) is 83.4 Å². The fourth-order valence-electron chi connectivity index (χ4n) is 9.26. The molecule has 0 amide bonds. The summed E-state index contributed by atoms with van der Waals surface area (Å²) >= 11 is 0. The van der Waals surface area contributed by atoms with Crippen LogP contribution in [0.5, 0.6) is 0 Å². The number of aromatic nitrogens is 3. The lowest BCUT2D eigenvalue weighted by molar-refractivity contribution is 1.18. The van der Waals surface area contributed by atoms with Crippen LogP contribution in [-0.2, 0) is 0 Å². The minimum absolute atomic E-state index is 0.681. The fourth-order valence-corrected chi connectivity index (χ4v) is 9.26. The lowest BCUT2D eigenvalue weighted by Gasteiger charge is -2.17. The number of benzene rings is 10. The molecule has 0 atom stereocenters. The molecule has 0 bridgehead atoms. The highest BCUT2D eigenvalue weighted by atomic mass is 14.9. The van der Waals surface area contributed by atoms with Gasteiger partial charge in [-0.15, -0.1) is 0 Å². The molecule has 2 aromatic heterocycles. The molecule has 2 heterocycles. The molecule has 12 aromatic rings. The number of nitrogens with zero attached hydrogens (tertiary/aromatic N) is 3. The first kappa shape index (κ1) is 37.2. The van der Waals surface area contributed by atoms with Gasteiger partial charge in [-0.2, -0.15) is 0 Å². The van der Waals surface area contributed by atoms with Gasteiger partial charge in [0.05, 0.1) is 22.6 Å². The molecule has 3 heteroatoms. The van der Waals surface area contributed by atoms with Gasteiger partial charge in [0.2, 0.25) is 0 Å². The lowest BCUT2D eigenvalue weighted by Crippen LogP contribution is -1.96. The van der Waals surface area contributed by atoms with E-state index in [9.17, 15) is 0 Å². The monoisotopic (exact) mass is 813 g/mol. The topological polar surface area (TPSA) is 38.7 Å². The van der Waals surface area contributed by atoms with Crippen molar-refractivity contribution in [2.24, 2.45) is 0 Å². The van der Waals surface area contributed by atoms with E-state index in [0.29, 0.717) is 5.82 Å². The SMILES string of the molecule is c1ccc(-c2cccc(-c3cc(-c4ccc(-c5cc6c(-c7ccc8ccccc8c7)nc7ccccc7c6c6ccccc56)cc4)nc(-c4cccc(-c5ccccc5)c4)n3)c2)cc1. The molecule has 3 nitrogen and oxygen atoms in total. The molecule has 0 unspecified atom stereocenters. The predicted molar refractivity (Wildman–Crippen MR) is 268 cm³/mol. The largest absolute Gasteiger partial charge is 0.247 e. The maximum Gasteiger partial charge on any atom is 0.160 e. The summed E-state index contributed by atoms with van der Waals surface area (Å²) in [5, 5.41) is 8.33. The minimum atomic E-state index is 0.681. The quantitative estimate of drug-likeness (QED) is 0.150. The molecule has 0 aliphatic heterocycles. The molecule has 12 rings (SSSR count). The van der Waals surface area contributed by atoms with E-state index < -0.39 is 0 Å². The predicted octanol–water partition coefficient (Wildman–Crippen LogP) is 16.2. The standard InChI is InChI=1S/C61H39N3/c1-3-15-40(16-4-1)46-21-13-23-48(35-46)58-39-57(63-61(64-58)50-24-14-22-47(37-50)41-17-5-2-6-18-41)44-32-30-43(31-33-44)54-38-55-59(52-26-10-9-25-51(52)54)53-27-11-12-28-56(53)62-60(55)49-34-29-42-19-7-8-20-45(42)36-49/h1-39H. The van der Waals surface area contributed by atoms with Gasteiger partial charge in [0.25, 0.3) is 0 Å². The number of hydrogen-bond acceptors (Lipinski definition) is 3. The molecule has 64 heavy (non-hydrogen) atoms. The van der Waals surface area contributed by atoms with Crippen molar-refractivity contribution in [1.82, 2.24) is 15.0 Å². The summed E-state index contributed by atoms with van der Waals surface area (Å²) in [7, 11) is 0. The first-order valence-electron chi connectivity index (χ1n) is 21.8. The van der Waals surface area contributed by atoms with Crippen molar-refractivity contribution in [2.45, 2.75) is 0 Å². The smallest absolute Gasteiger partial charge is 0.160 e. The Kier molecular flexibility index (Phi) is 9.16. The summed E-state index contributed by atoms with van der Waals surface area (Å²) in [6.45, 7) is 0. The van der Waals surface area contributed by atoms with Crippen LogP contribution in [0.3, 0.4) is 0 Å². The Labute approximate surface area is 371 Å². The van der Waals surface area contributed by atoms with Crippen LogP contribution < -0.4 is 0 Å². The van der Waals surface area contributed by atoms with Gasteiger partial charge >= 0.3 is 0 Å². The molecule has 10 aromatic carbocycles. The van der Waals surface area contributed by atoms with Crippen molar-refractivity contribution in [3.63, 3.8) is 0 Å². The van der Waals surface area contributed by atoms with Crippen LogP contribution in [0.25, 0.3) is 122 Å². The van der Waals surface area contributed by atoms with Gasteiger partial charge in [0.15, 0.2) is 5.82 Å². The zero-order valence-electron chi connectivity index (χ0n) is 34.9. The highest BCUT2D eigenvalue weighted by molar-refractivity contribution is 6.25. The first-order chi connectivity index (χ1) is 31.7. The van der Waals surface area contributed by atoms with E-state index in [4.69, 9.17) is 15.0 Å². The van der Waals surface area contributed by atoms with Gasteiger partial charge in [-0.25, -0.2) is 15.0 Å². The van der Waals surface area contributed by atoms with Crippen molar-refractivity contribution in [3.05, 3.63) is 237 Å². The average Bonchev–Trinajstić information content (AvgIpc) is 3.38. The van der Waals surface area contributed by atoms with Crippen molar-refractivity contribution in [3.8, 4) is 78.5 Å². The van der Waals surface area contributed by atoms with Crippen molar-refractivity contribution >= 4 is 43.2 Å². The zero-order chi connectivity index (χ0) is 42.4.